The molecular weight excluding hydrogens is 443 g/mol. The van der Waals surface area contributed by atoms with E-state index < -0.39 is 24.2 Å². The zero-order chi connectivity index (χ0) is 22.9. The van der Waals surface area contributed by atoms with E-state index in [0.29, 0.717) is 23.6 Å². The number of fused-ring (bicyclic) bond motifs is 1. The quantitative estimate of drug-likeness (QED) is 0.584. The second-order valence-corrected chi connectivity index (χ2v) is 8.14. The Morgan fingerprint density at radius 2 is 2.00 bits per heavy atom. The highest BCUT2D eigenvalue weighted by atomic mass is 35.5. The largest absolute Gasteiger partial charge is 0.410 e. The van der Waals surface area contributed by atoms with E-state index in [9.17, 15) is 18.0 Å². The van der Waals surface area contributed by atoms with Crippen LogP contribution in [-0.4, -0.2) is 45.3 Å². The topological polar surface area (TPSA) is 63.1 Å². The predicted octanol–water partition coefficient (Wildman–Crippen LogP) is 4.91. The number of benzene rings is 1. The van der Waals surface area contributed by atoms with Gasteiger partial charge in [0.15, 0.2) is 11.7 Å². The van der Waals surface area contributed by atoms with Crippen molar-refractivity contribution in [2.45, 2.75) is 31.1 Å². The van der Waals surface area contributed by atoms with E-state index in [1.54, 1.807) is 43.6 Å². The molecule has 0 bridgehead atoms. The van der Waals surface area contributed by atoms with Crippen molar-refractivity contribution in [3.05, 3.63) is 76.7 Å². The summed E-state index contributed by atoms with van der Waals surface area (Å²) in [5.41, 5.74) is 1.46. The molecule has 32 heavy (non-hydrogen) atoms. The van der Waals surface area contributed by atoms with Gasteiger partial charge in [0.25, 0.3) is 5.91 Å². The van der Waals surface area contributed by atoms with E-state index in [1.165, 1.54) is 11.0 Å². The molecule has 4 rings (SSSR count). The van der Waals surface area contributed by atoms with Crippen molar-refractivity contribution < 1.29 is 18.0 Å². The minimum absolute atomic E-state index is 0.0398. The van der Waals surface area contributed by atoms with Crippen LogP contribution in [0.5, 0.6) is 0 Å². The molecule has 1 aromatic carbocycles. The third kappa shape index (κ3) is 4.72. The normalized spacial score (nSPS) is 18.0. The van der Waals surface area contributed by atoms with Crippen molar-refractivity contribution in [2.75, 3.05) is 18.9 Å². The first-order chi connectivity index (χ1) is 15.2. The number of amides is 1. The molecule has 3 aromatic rings. The zero-order valence-corrected chi connectivity index (χ0v) is 17.9. The molecule has 2 aromatic heterocycles. The van der Waals surface area contributed by atoms with Gasteiger partial charge in [-0.3, -0.25) is 9.78 Å². The molecule has 0 saturated carbocycles. The van der Waals surface area contributed by atoms with Crippen LogP contribution in [0.25, 0.3) is 0 Å². The monoisotopic (exact) mass is 463 g/mol. The molecule has 0 radical (unpaired) electrons. The van der Waals surface area contributed by atoms with Gasteiger partial charge in [0.2, 0.25) is 0 Å². The number of aromatic nitrogens is 3. The van der Waals surface area contributed by atoms with Gasteiger partial charge in [-0.05, 0) is 29.8 Å². The maximum absolute atomic E-state index is 13.8. The molecule has 1 amide bonds. The lowest BCUT2D eigenvalue weighted by molar-refractivity contribution is -0.173. The van der Waals surface area contributed by atoms with Crippen molar-refractivity contribution >= 4 is 23.3 Å². The minimum Gasteiger partial charge on any atom is -0.363 e. The number of hydrogen-bond acceptors (Lipinski definition) is 4. The molecule has 168 valence electrons. The van der Waals surface area contributed by atoms with Gasteiger partial charge in [-0.2, -0.15) is 18.3 Å². The third-order valence-electron chi connectivity index (χ3n) is 5.46. The molecule has 2 atom stereocenters. The fourth-order valence-corrected chi connectivity index (χ4v) is 3.84. The second-order valence-electron chi connectivity index (χ2n) is 7.70. The second kappa shape index (κ2) is 8.82. The SMILES string of the molecule is CN(CCc1ccccn1)C(=O)c1cc2n(n1)[C@H](C(F)(F)F)C[C@@H](c1ccc(Cl)cc1)N2. The number of carbonyl (C=O) groups is 1. The highest BCUT2D eigenvalue weighted by Crippen LogP contribution is 2.43. The molecule has 0 aliphatic carbocycles. The standard InChI is InChI=1S/C22H21ClF3N5O/c1-30(11-9-16-4-2-3-10-27-16)21(32)18-13-20-28-17(14-5-7-15(23)8-6-14)12-19(22(24,25)26)31(20)29-18/h2-8,10,13,17,19,28H,9,11-12H2,1H3/t17-,19-/m0/s1. The molecule has 1 aliphatic rings. The van der Waals surface area contributed by atoms with Crippen molar-refractivity contribution in [1.82, 2.24) is 19.7 Å². The Balaban J connectivity index is 1.55. The number of halogens is 4. The van der Waals surface area contributed by atoms with Crippen LogP contribution in [0.1, 0.15) is 40.3 Å². The van der Waals surface area contributed by atoms with Crippen LogP contribution < -0.4 is 5.32 Å². The molecule has 0 unspecified atom stereocenters. The number of pyridine rings is 1. The number of carbonyl (C=O) groups excluding carboxylic acids is 1. The maximum atomic E-state index is 13.8. The summed E-state index contributed by atoms with van der Waals surface area (Å²) in [6.45, 7) is 0.363. The van der Waals surface area contributed by atoms with Crippen LogP contribution in [0.15, 0.2) is 54.7 Å². The fourth-order valence-electron chi connectivity index (χ4n) is 3.72. The van der Waals surface area contributed by atoms with Crippen LogP contribution >= 0.6 is 11.6 Å². The number of nitrogens with one attached hydrogen (secondary N) is 1. The Labute approximate surface area is 188 Å². The summed E-state index contributed by atoms with van der Waals surface area (Å²) in [4.78, 5) is 18.5. The average molecular weight is 464 g/mol. The number of nitrogens with zero attached hydrogens (tertiary/aromatic N) is 4. The number of anilines is 1. The van der Waals surface area contributed by atoms with Gasteiger partial charge in [-0.1, -0.05) is 29.8 Å². The molecule has 10 heteroatoms. The molecule has 6 nitrogen and oxygen atoms in total. The summed E-state index contributed by atoms with van der Waals surface area (Å²) in [7, 11) is 1.59. The van der Waals surface area contributed by atoms with E-state index in [1.807, 2.05) is 12.1 Å². The van der Waals surface area contributed by atoms with Gasteiger partial charge >= 0.3 is 6.18 Å². The molecule has 1 aliphatic heterocycles. The van der Waals surface area contributed by atoms with Gasteiger partial charge < -0.3 is 10.2 Å². The zero-order valence-electron chi connectivity index (χ0n) is 17.2. The van der Waals surface area contributed by atoms with Gasteiger partial charge in [-0.25, -0.2) is 4.68 Å². The summed E-state index contributed by atoms with van der Waals surface area (Å²) in [6, 6.07) is 11.1. The summed E-state index contributed by atoms with van der Waals surface area (Å²) in [5.74, 6) is -0.298. The van der Waals surface area contributed by atoms with Crippen molar-refractivity contribution in [3.8, 4) is 0 Å². The Morgan fingerprint density at radius 3 is 2.66 bits per heavy atom. The van der Waals surface area contributed by atoms with Crippen molar-refractivity contribution in [1.29, 1.82) is 0 Å². The molecule has 0 fully saturated rings. The summed E-state index contributed by atoms with van der Waals surface area (Å²) >= 11 is 5.90. The first-order valence-electron chi connectivity index (χ1n) is 10.1. The number of likely N-dealkylation sites (N-methyl/N-ethyl adjacent to an activating group) is 1. The maximum Gasteiger partial charge on any atom is 0.410 e. The summed E-state index contributed by atoms with van der Waals surface area (Å²) in [6.07, 6.45) is -2.57. The number of hydrogen-bond donors (Lipinski definition) is 1. The summed E-state index contributed by atoms with van der Waals surface area (Å²) in [5, 5.41) is 7.61. The number of rotatable bonds is 5. The van der Waals surface area contributed by atoms with E-state index in [4.69, 9.17) is 11.6 Å². The predicted molar refractivity (Wildman–Crippen MR) is 115 cm³/mol. The lowest BCUT2D eigenvalue weighted by atomic mass is 9.97. The van der Waals surface area contributed by atoms with Gasteiger partial charge in [0.05, 0.1) is 6.04 Å². The van der Waals surface area contributed by atoms with E-state index in [2.05, 4.69) is 15.4 Å². The Hall–Kier alpha value is -3.07. The minimum atomic E-state index is -4.52. The third-order valence-corrected chi connectivity index (χ3v) is 5.71. The molecule has 0 spiro atoms. The van der Waals surface area contributed by atoms with E-state index in [-0.39, 0.29) is 17.9 Å². The van der Waals surface area contributed by atoms with Crippen LogP contribution in [-0.2, 0) is 6.42 Å². The van der Waals surface area contributed by atoms with E-state index in [0.717, 1.165) is 10.4 Å². The molecular formula is C22H21ClF3N5O. The van der Waals surface area contributed by atoms with Gasteiger partial charge in [0.1, 0.15) is 5.82 Å². The van der Waals surface area contributed by atoms with Crippen LogP contribution in [0.4, 0.5) is 19.0 Å². The lowest BCUT2D eigenvalue weighted by Crippen LogP contribution is -2.36. The molecule has 1 N–H and O–H groups in total. The molecule has 0 saturated heterocycles. The van der Waals surface area contributed by atoms with Crippen LogP contribution in [0.3, 0.4) is 0 Å². The van der Waals surface area contributed by atoms with Crippen LogP contribution in [0, 0.1) is 0 Å². The first-order valence-corrected chi connectivity index (χ1v) is 10.4. The van der Waals surface area contributed by atoms with Crippen molar-refractivity contribution in [3.63, 3.8) is 0 Å². The lowest BCUT2D eigenvalue weighted by Gasteiger charge is -2.33. The smallest absolute Gasteiger partial charge is 0.363 e. The van der Waals surface area contributed by atoms with Crippen LogP contribution in [0.2, 0.25) is 5.02 Å². The Kier molecular flexibility index (Phi) is 6.10. The Bertz CT molecular complexity index is 1090. The fraction of sp³-hybridized carbons (Fsp3) is 0.318. The highest BCUT2D eigenvalue weighted by Gasteiger charge is 2.46. The molecule has 3 heterocycles. The average Bonchev–Trinajstić information content (AvgIpc) is 3.21. The highest BCUT2D eigenvalue weighted by molar-refractivity contribution is 6.30. The Morgan fingerprint density at radius 1 is 1.25 bits per heavy atom. The first kappa shape index (κ1) is 22.1. The van der Waals surface area contributed by atoms with E-state index >= 15 is 0 Å². The van der Waals surface area contributed by atoms with Crippen molar-refractivity contribution in [2.24, 2.45) is 0 Å². The van der Waals surface area contributed by atoms with Gasteiger partial charge in [-0.15, -0.1) is 0 Å². The number of alkyl halides is 3. The summed E-state index contributed by atoms with van der Waals surface area (Å²) < 4.78 is 42.4. The van der Waals surface area contributed by atoms with Gasteiger partial charge in [0, 0.05) is 49.4 Å².